The van der Waals surface area contributed by atoms with Gasteiger partial charge in [0.1, 0.15) is 11.2 Å². The third-order valence-corrected chi connectivity index (χ3v) is 5.73. The summed E-state index contributed by atoms with van der Waals surface area (Å²) in [7, 11) is 0. The smallest absolute Gasteiger partial charge is 0.345 e. The van der Waals surface area contributed by atoms with Crippen LogP contribution < -0.4 is 15.4 Å². The van der Waals surface area contributed by atoms with Crippen LogP contribution in [-0.2, 0) is 11.3 Å². The summed E-state index contributed by atoms with van der Waals surface area (Å²) >= 11 is 0. The van der Waals surface area contributed by atoms with E-state index in [1.807, 2.05) is 44.2 Å². The Labute approximate surface area is 181 Å². The van der Waals surface area contributed by atoms with Gasteiger partial charge in [0.15, 0.2) is 0 Å². The van der Waals surface area contributed by atoms with Gasteiger partial charge in [-0.2, -0.15) is 0 Å². The van der Waals surface area contributed by atoms with Crippen molar-refractivity contribution in [1.29, 1.82) is 0 Å². The van der Waals surface area contributed by atoms with E-state index in [1.54, 1.807) is 11.5 Å². The van der Waals surface area contributed by atoms with Gasteiger partial charge in [-0.3, -0.25) is 9.36 Å². The molecular weight excluding hydrogens is 392 g/mol. The van der Waals surface area contributed by atoms with E-state index in [1.165, 1.54) is 5.69 Å². The zero-order chi connectivity index (χ0) is 22.0. The standard InChI is InChI=1S/C24H28N4O3/c1-4-28-22-19(12-11-17(3)25-22)21(20(23(28)29)24(30)31-5-2)27-15-13-26(14-16-27)18-9-7-6-8-10-18/h6-12H,4-5,13-16H2,1-3H3. The van der Waals surface area contributed by atoms with Crippen molar-refractivity contribution in [3.8, 4) is 0 Å². The van der Waals surface area contributed by atoms with Crippen LogP contribution in [0.3, 0.4) is 0 Å². The predicted octanol–water partition coefficient (Wildman–Crippen LogP) is 3.23. The van der Waals surface area contributed by atoms with Crippen molar-refractivity contribution in [1.82, 2.24) is 9.55 Å². The number of nitrogens with zero attached hydrogens (tertiary/aromatic N) is 4. The van der Waals surface area contributed by atoms with Gasteiger partial charge in [-0.05, 0) is 45.0 Å². The molecule has 0 unspecified atom stereocenters. The fourth-order valence-electron chi connectivity index (χ4n) is 4.24. The van der Waals surface area contributed by atoms with Crippen LogP contribution in [0.5, 0.6) is 0 Å². The van der Waals surface area contributed by atoms with E-state index >= 15 is 0 Å². The third-order valence-electron chi connectivity index (χ3n) is 5.73. The number of benzene rings is 1. The summed E-state index contributed by atoms with van der Waals surface area (Å²) in [5.41, 5.74) is 3.03. The van der Waals surface area contributed by atoms with Crippen LogP contribution in [-0.4, -0.2) is 48.3 Å². The van der Waals surface area contributed by atoms with E-state index in [-0.39, 0.29) is 17.7 Å². The van der Waals surface area contributed by atoms with Crippen molar-refractivity contribution in [3.63, 3.8) is 0 Å². The fourth-order valence-corrected chi connectivity index (χ4v) is 4.24. The first-order chi connectivity index (χ1) is 15.0. The highest BCUT2D eigenvalue weighted by atomic mass is 16.5. The number of carbonyl (C=O) groups is 1. The van der Waals surface area contributed by atoms with E-state index in [0.29, 0.717) is 31.0 Å². The topological polar surface area (TPSA) is 67.7 Å². The maximum atomic E-state index is 13.4. The van der Waals surface area contributed by atoms with Crippen molar-refractivity contribution >= 4 is 28.4 Å². The molecule has 0 amide bonds. The predicted molar refractivity (Wildman–Crippen MR) is 123 cm³/mol. The maximum absolute atomic E-state index is 13.4. The average molecular weight is 421 g/mol. The number of carbonyl (C=O) groups excluding carboxylic acids is 1. The molecule has 0 bridgehead atoms. The number of piperazine rings is 1. The van der Waals surface area contributed by atoms with Gasteiger partial charge in [-0.1, -0.05) is 18.2 Å². The van der Waals surface area contributed by atoms with Crippen LogP contribution in [0.4, 0.5) is 11.4 Å². The van der Waals surface area contributed by atoms with Crippen LogP contribution in [0.15, 0.2) is 47.3 Å². The first kappa shape index (κ1) is 20.9. The Kier molecular flexibility index (Phi) is 5.93. The number of fused-ring (bicyclic) bond motifs is 1. The van der Waals surface area contributed by atoms with E-state index < -0.39 is 5.97 Å². The summed E-state index contributed by atoms with van der Waals surface area (Å²) in [5.74, 6) is -0.572. The molecule has 1 saturated heterocycles. The van der Waals surface area contributed by atoms with Gasteiger partial charge in [0.2, 0.25) is 0 Å². The Hall–Kier alpha value is -3.35. The van der Waals surface area contributed by atoms with Gasteiger partial charge >= 0.3 is 5.97 Å². The molecule has 7 nitrogen and oxygen atoms in total. The molecule has 1 fully saturated rings. The van der Waals surface area contributed by atoms with Crippen LogP contribution in [0.2, 0.25) is 0 Å². The third kappa shape index (κ3) is 3.87. The molecule has 7 heteroatoms. The lowest BCUT2D eigenvalue weighted by atomic mass is 10.1. The van der Waals surface area contributed by atoms with Gasteiger partial charge in [-0.15, -0.1) is 0 Å². The van der Waals surface area contributed by atoms with E-state index in [0.717, 1.165) is 24.2 Å². The molecule has 31 heavy (non-hydrogen) atoms. The van der Waals surface area contributed by atoms with Gasteiger partial charge in [0.05, 0.1) is 12.3 Å². The molecule has 0 spiro atoms. The molecule has 4 rings (SSSR count). The molecule has 0 atom stereocenters. The lowest BCUT2D eigenvalue weighted by Crippen LogP contribution is -2.48. The zero-order valence-electron chi connectivity index (χ0n) is 18.3. The minimum Gasteiger partial charge on any atom is -0.462 e. The van der Waals surface area contributed by atoms with E-state index in [4.69, 9.17) is 4.74 Å². The van der Waals surface area contributed by atoms with E-state index in [2.05, 4.69) is 26.9 Å². The fraction of sp³-hybridized carbons (Fsp3) is 0.375. The summed E-state index contributed by atoms with van der Waals surface area (Å²) in [4.78, 5) is 35.4. The molecule has 2 aromatic heterocycles. The lowest BCUT2D eigenvalue weighted by molar-refractivity contribution is 0.0524. The van der Waals surface area contributed by atoms with Crippen LogP contribution in [0.25, 0.3) is 11.0 Å². The second-order valence-corrected chi connectivity index (χ2v) is 7.63. The SMILES string of the molecule is CCOC(=O)c1c(N2CCN(c3ccccc3)CC2)c2ccc(C)nc2n(CC)c1=O. The molecule has 0 N–H and O–H groups in total. The van der Waals surface area contributed by atoms with Gasteiger partial charge in [-0.25, -0.2) is 9.78 Å². The normalized spacial score (nSPS) is 14.2. The summed E-state index contributed by atoms with van der Waals surface area (Å²) < 4.78 is 6.86. The number of rotatable bonds is 5. The van der Waals surface area contributed by atoms with Crippen LogP contribution in [0.1, 0.15) is 29.9 Å². The number of pyridine rings is 2. The summed E-state index contributed by atoms with van der Waals surface area (Å²) in [5, 5.41) is 0.809. The Balaban J connectivity index is 1.82. The minimum atomic E-state index is -0.572. The number of hydrogen-bond acceptors (Lipinski definition) is 6. The van der Waals surface area contributed by atoms with Crippen molar-refractivity contribution < 1.29 is 9.53 Å². The Bertz CT molecular complexity index is 1150. The molecule has 3 aromatic rings. The number of aromatic nitrogens is 2. The second-order valence-electron chi connectivity index (χ2n) is 7.63. The first-order valence-electron chi connectivity index (χ1n) is 10.8. The number of anilines is 2. The molecule has 162 valence electrons. The molecular formula is C24H28N4O3. The van der Waals surface area contributed by atoms with Gasteiger partial charge < -0.3 is 14.5 Å². The Morgan fingerprint density at radius 1 is 1.00 bits per heavy atom. The average Bonchev–Trinajstić information content (AvgIpc) is 2.79. The minimum absolute atomic E-state index is 0.106. The Morgan fingerprint density at radius 2 is 1.68 bits per heavy atom. The Morgan fingerprint density at radius 3 is 2.32 bits per heavy atom. The maximum Gasteiger partial charge on any atom is 0.345 e. The summed E-state index contributed by atoms with van der Waals surface area (Å²) in [6.07, 6.45) is 0. The zero-order valence-corrected chi connectivity index (χ0v) is 18.3. The molecule has 0 saturated carbocycles. The molecule has 3 heterocycles. The highest BCUT2D eigenvalue weighted by Crippen LogP contribution is 2.30. The molecule has 1 aliphatic rings. The summed E-state index contributed by atoms with van der Waals surface area (Å²) in [6.45, 7) is 9.17. The van der Waals surface area contributed by atoms with Gasteiger partial charge in [0, 0.05) is 49.5 Å². The quantitative estimate of drug-likeness (QED) is 0.591. The van der Waals surface area contributed by atoms with Crippen LogP contribution >= 0.6 is 0 Å². The highest BCUT2D eigenvalue weighted by molar-refractivity contribution is 6.04. The molecule has 1 aromatic carbocycles. The number of aryl methyl sites for hydroxylation is 2. The highest BCUT2D eigenvalue weighted by Gasteiger charge is 2.29. The number of ether oxygens (including phenoxy) is 1. The van der Waals surface area contributed by atoms with Crippen molar-refractivity contribution in [2.45, 2.75) is 27.3 Å². The molecule has 0 aliphatic carbocycles. The number of para-hydroxylation sites is 1. The lowest BCUT2D eigenvalue weighted by Gasteiger charge is -2.38. The largest absolute Gasteiger partial charge is 0.462 e. The van der Waals surface area contributed by atoms with Crippen molar-refractivity contribution in [2.75, 3.05) is 42.6 Å². The van der Waals surface area contributed by atoms with E-state index in [9.17, 15) is 9.59 Å². The van der Waals surface area contributed by atoms with Crippen molar-refractivity contribution in [3.05, 3.63) is 64.1 Å². The number of hydrogen-bond donors (Lipinski definition) is 0. The molecule has 0 radical (unpaired) electrons. The second kappa shape index (κ2) is 8.79. The van der Waals surface area contributed by atoms with Crippen LogP contribution in [0, 0.1) is 6.92 Å². The van der Waals surface area contributed by atoms with Crippen molar-refractivity contribution in [2.24, 2.45) is 0 Å². The number of esters is 1. The first-order valence-corrected chi connectivity index (χ1v) is 10.8. The summed E-state index contributed by atoms with van der Waals surface area (Å²) in [6, 6.07) is 14.2. The van der Waals surface area contributed by atoms with Gasteiger partial charge in [0.25, 0.3) is 5.56 Å². The molecule has 1 aliphatic heterocycles. The monoisotopic (exact) mass is 420 g/mol.